The molecule has 264 valence electrons. The van der Waals surface area contributed by atoms with Crippen LogP contribution in [0.15, 0.2) is 23.1 Å². The number of hydrogen-bond acceptors (Lipinski definition) is 7. The van der Waals surface area contributed by atoms with Crippen molar-refractivity contribution in [1.29, 1.82) is 0 Å². The van der Waals surface area contributed by atoms with Gasteiger partial charge in [-0.1, -0.05) is 41.0 Å². The molecule has 0 radical (unpaired) electrons. The van der Waals surface area contributed by atoms with Crippen molar-refractivity contribution in [2.45, 2.75) is 141 Å². The Bertz CT molecular complexity index is 1430. The average Bonchev–Trinajstić information content (AvgIpc) is 3.28. The lowest BCUT2D eigenvalue weighted by Crippen LogP contribution is -2.62. The summed E-state index contributed by atoms with van der Waals surface area (Å²) in [7, 11) is -4.11. The van der Waals surface area contributed by atoms with Gasteiger partial charge < -0.3 is 19.7 Å². The lowest BCUT2D eigenvalue weighted by Gasteiger charge is -2.64. The number of benzene rings is 1. The Morgan fingerprint density at radius 2 is 1.74 bits per heavy atom. The van der Waals surface area contributed by atoms with Gasteiger partial charge in [0.25, 0.3) is 10.0 Å². The highest BCUT2D eigenvalue weighted by atomic mass is 32.2. The predicted molar refractivity (Wildman–Crippen MR) is 181 cm³/mol. The number of ether oxygens (including phenoxy) is 2. The Balaban J connectivity index is 1.10. The molecule has 9 heteroatoms. The molecule has 6 rings (SSSR count). The molecule has 1 amide bonds. The molecule has 4 fully saturated rings. The number of fused-ring (bicyclic) bond motifs is 6. The number of carbonyl (C=O) groups is 1. The summed E-state index contributed by atoms with van der Waals surface area (Å²) in [5.74, 6) is 2.79. The Morgan fingerprint density at radius 3 is 2.47 bits per heavy atom. The maximum Gasteiger partial charge on any atom is 0.421 e. The van der Waals surface area contributed by atoms with Crippen LogP contribution in [0.2, 0.25) is 0 Å². The van der Waals surface area contributed by atoms with E-state index in [1.807, 2.05) is 0 Å². The van der Waals surface area contributed by atoms with Crippen LogP contribution in [-0.2, 0) is 21.2 Å². The molecule has 12 atom stereocenters. The van der Waals surface area contributed by atoms with Gasteiger partial charge in [0.2, 0.25) is 0 Å². The summed E-state index contributed by atoms with van der Waals surface area (Å²) in [6.07, 6.45) is 9.73. The Morgan fingerprint density at radius 1 is 1.02 bits per heavy atom. The molecule has 8 nitrogen and oxygen atoms in total. The van der Waals surface area contributed by atoms with Crippen molar-refractivity contribution in [3.8, 4) is 5.75 Å². The first-order valence-electron chi connectivity index (χ1n) is 18.5. The van der Waals surface area contributed by atoms with E-state index in [1.165, 1.54) is 6.07 Å². The van der Waals surface area contributed by atoms with Gasteiger partial charge in [-0.2, -0.15) is 0 Å². The summed E-state index contributed by atoms with van der Waals surface area (Å²) in [5, 5.41) is 22.5. The van der Waals surface area contributed by atoms with Gasteiger partial charge in [0.05, 0.1) is 23.7 Å². The number of carbonyl (C=O) groups excluding carboxylic acids is 1. The molecular weight excluding hydrogens is 614 g/mol. The van der Waals surface area contributed by atoms with Crippen LogP contribution in [0.1, 0.15) is 118 Å². The number of aliphatic hydroxyl groups is 2. The molecule has 1 aromatic rings. The van der Waals surface area contributed by atoms with E-state index in [2.05, 4.69) is 46.3 Å². The average molecular weight is 674 g/mol. The second-order valence-corrected chi connectivity index (χ2v) is 18.5. The zero-order valence-corrected chi connectivity index (χ0v) is 30.3. The summed E-state index contributed by atoms with van der Waals surface area (Å²) < 4.78 is 40.4. The number of aryl methyl sites for hydroxylation is 1. The maximum absolute atomic E-state index is 13.2. The minimum atomic E-state index is -4.11. The zero-order chi connectivity index (χ0) is 33.9. The van der Waals surface area contributed by atoms with Crippen LogP contribution in [0.3, 0.4) is 0 Å². The molecule has 1 aromatic carbocycles. The lowest BCUT2D eigenvalue weighted by atomic mass is 9.41. The third kappa shape index (κ3) is 6.13. The van der Waals surface area contributed by atoms with E-state index in [0.717, 1.165) is 82.6 Å². The molecule has 1 unspecified atom stereocenters. The zero-order valence-electron chi connectivity index (χ0n) is 29.5. The molecule has 3 N–H and O–H groups in total. The largest absolute Gasteiger partial charge is 0.487 e. The van der Waals surface area contributed by atoms with Crippen molar-refractivity contribution in [2.24, 2.45) is 52.3 Å². The van der Waals surface area contributed by atoms with Gasteiger partial charge in [-0.05, 0) is 154 Å². The summed E-state index contributed by atoms with van der Waals surface area (Å²) in [6, 6.07) is 4.81. The molecule has 0 spiro atoms. The van der Waals surface area contributed by atoms with E-state index in [1.54, 1.807) is 12.1 Å². The van der Waals surface area contributed by atoms with Crippen LogP contribution >= 0.6 is 0 Å². The van der Waals surface area contributed by atoms with Gasteiger partial charge in [-0.15, -0.1) is 0 Å². The molecule has 1 heterocycles. The minimum absolute atomic E-state index is 0.0287. The van der Waals surface area contributed by atoms with Crippen molar-refractivity contribution < 1.29 is 32.9 Å². The van der Waals surface area contributed by atoms with Gasteiger partial charge in [-0.3, -0.25) is 0 Å². The number of sulfonamides is 1. The van der Waals surface area contributed by atoms with Crippen LogP contribution in [0.5, 0.6) is 5.75 Å². The highest BCUT2D eigenvalue weighted by molar-refractivity contribution is 7.90. The quantitative estimate of drug-likeness (QED) is 0.279. The maximum atomic E-state index is 13.2. The number of nitrogens with one attached hydrogen (secondary N) is 1. The summed E-state index contributed by atoms with van der Waals surface area (Å²) in [6.45, 7) is 13.5. The summed E-state index contributed by atoms with van der Waals surface area (Å²) in [5.41, 5.74) is 0.753. The number of aliphatic hydroxyl groups excluding tert-OH is 2. The number of amides is 1. The molecule has 5 aliphatic rings. The summed E-state index contributed by atoms with van der Waals surface area (Å²) >= 11 is 0. The van der Waals surface area contributed by atoms with E-state index in [9.17, 15) is 23.4 Å². The number of hydrogen-bond donors (Lipinski definition) is 3. The summed E-state index contributed by atoms with van der Waals surface area (Å²) in [4.78, 5) is 12.9. The normalized spacial score (nSPS) is 42.0. The van der Waals surface area contributed by atoms with Crippen molar-refractivity contribution in [3.63, 3.8) is 0 Å². The van der Waals surface area contributed by atoms with Gasteiger partial charge in [-0.25, -0.2) is 17.9 Å². The third-order valence-electron chi connectivity index (χ3n) is 14.4. The molecule has 4 aliphatic carbocycles. The fraction of sp³-hybridized carbons (Fsp3) is 0.816. The molecule has 0 saturated heterocycles. The van der Waals surface area contributed by atoms with Gasteiger partial charge >= 0.3 is 6.09 Å². The fourth-order valence-electron chi connectivity index (χ4n) is 11.7. The minimum Gasteiger partial charge on any atom is -0.487 e. The Kier molecular flexibility index (Phi) is 9.53. The molecule has 0 bridgehead atoms. The van der Waals surface area contributed by atoms with Crippen LogP contribution in [0.25, 0.3) is 0 Å². The molecule has 1 aliphatic heterocycles. The van der Waals surface area contributed by atoms with Crippen molar-refractivity contribution in [3.05, 3.63) is 23.8 Å². The standard InChI is InChI=1S/C38H59NO7S/c1-7-27-31-21-25(40)15-18-38(31,6)30-16-19-37(5)28(12-13-29(37)33(30)34(27)41)23(3)22-45-35(42)39-47(43,44)26-11-14-32-24(20-26)10-9-17-36(4,8-2)46-32/h11,14,20,23,25,27-31,33-34,40-41H,7-10,12-13,15-19,21-22H2,1-6H3,(H,39,42)/t23-,25-,27-,28-,29+,30+,31+,33+,34-,36?,37-,38-/m1/s1. The van der Waals surface area contributed by atoms with Gasteiger partial charge in [0.1, 0.15) is 11.4 Å². The Hall–Kier alpha value is -1.84. The van der Waals surface area contributed by atoms with E-state index in [-0.39, 0.29) is 57.9 Å². The molecular formula is C38H59NO7S. The second kappa shape index (κ2) is 12.8. The van der Waals surface area contributed by atoms with E-state index >= 15 is 0 Å². The monoisotopic (exact) mass is 673 g/mol. The first kappa shape index (κ1) is 35.0. The first-order chi connectivity index (χ1) is 22.2. The highest BCUT2D eigenvalue weighted by Crippen LogP contribution is 2.69. The van der Waals surface area contributed by atoms with E-state index in [4.69, 9.17) is 9.47 Å². The van der Waals surface area contributed by atoms with Crippen molar-refractivity contribution in [1.82, 2.24) is 4.72 Å². The second-order valence-electron chi connectivity index (χ2n) is 16.8. The first-order valence-corrected chi connectivity index (χ1v) is 20.0. The van der Waals surface area contributed by atoms with E-state index in [0.29, 0.717) is 29.4 Å². The third-order valence-corrected chi connectivity index (χ3v) is 15.8. The van der Waals surface area contributed by atoms with Crippen molar-refractivity contribution >= 4 is 16.1 Å². The van der Waals surface area contributed by atoms with Crippen LogP contribution in [0.4, 0.5) is 4.79 Å². The topological polar surface area (TPSA) is 122 Å². The SMILES string of the molecule is CC[C@H]1[C@@H](O)[C@@H]2[C@H](CC[C@]3(C)[C@@H]([C@H](C)COC(=O)NS(=O)(=O)c4ccc5c(c4)CCCC(C)(CC)O5)CC[C@@H]23)[C@@]2(C)CC[C@@H](O)C[C@@H]12. The van der Waals surface area contributed by atoms with Gasteiger partial charge in [0.15, 0.2) is 0 Å². The fourth-order valence-corrected chi connectivity index (χ4v) is 12.6. The number of rotatable bonds is 7. The lowest BCUT2D eigenvalue weighted by molar-refractivity contribution is -0.203. The van der Waals surface area contributed by atoms with Crippen LogP contribution in [-0.4, -0.2) is 49.1 Å². The predicted octanol–water partition coefficient (Wildman–Crippen LogP) is 7.25. The Labute approximate surface area is 282 Å². The van der Waals surface area contributed by atoms with Crippen molar-refractivity contribution in [2.75, 3.05) is 6.61 Å². The van der Waals surface area contributed by atoms with E-state index < -0.39 is 16.1 Å². The smallest absolute Gasteiger partial charge is 0.421 e. The van der Waals surface area contributed by atoms with Crippen LogP contribution < -0.4 is 9.46 Å². The molecule has 4 saturated carbocycles. The van der Waals surface area contributed by atoms with Gasteiger partial charge in [0, 0.05) is 0 Å². The molecule has 0 aromatic heterocycles. The molecule has 47 heavy (non-hydrogen) atoms. The van der Waals surface area contributed by atoms with Crippen LogP contribution in [0, 0.1) is 52.3 Å². The highest BCUT2D eigenvalue weighted by Gasteiger charge is 2.65.